The minimum Gasteiger partial charge on any atom is -0.488 e. The molecule has 0 fully saturated rings. The number of benzene rings is 1. The third-order valence-electron chi connectivity index (χ3n) is 4.84. The van der Waals surface area contributed by atoms with Gasteiger partial charge in [-0.05, 0) is 30.2 Å². The second-order valence-corrected chi connectivity index (χ2v) is 7.92. The van der Waals surface area contributed by atoms with Crippen LogP contribution in [0.5, 0.6) is 5.75 Å². The number of aromatic nitrogens is 2. The molecule has 28 heavy (non-hydrogen) atoms. The Bertz CT molecular complexity index is 913. The molecule has 0 bridgehead atoms. The fourth-order valence-corrected chi connectivity index (χ4v) is 4.20. The molecule has 0 amide bonds. The predicted molar refractivity (Wildman–Crippen MR) is 114 cm³/mol. The van der Waals surface area contributed by atoms with Crippen LogP contribution < -0.4 is 10.5 Å². The summed E-state index contributed by atoms with van der Waals surface area (Å²) in [4.78, 5) is 12.3. The number of thiazole rings is 1. The molecule has 144 valence electrons. The first kappa shape index (κ1) is 18.7. The van der Waals surface area contributed by atoms with Gasteiger partial charge in [0.15, 0.2) is 5.13 Å². The van der Waals surface area contributed by atoms with Crippen molar-refractivity contribution >= 4 is 22.5 Å². The summed E-state index contributed by atoms with van der Waals surface area (Å²) in [6.07, 6.45) is 9.95. The van der Waals surface area contributed by atoms with Crippen LogP contribution in [0.3, 0.4) is 0 Å². The number of nitrogens with two attached hydrogens (primary N) is 1. The van der Waals surface area contributed by atoms with Crippen molar-refractivity contribution in [3.8, 4) is 5.75 Å². The molecule has 1 aliphatic rings. The van der Waals surface area contributed by atoms with Crippen molar-refractivity contribution in [2.75, 3.05) is 25.4 Å². The minimum absolute atomic E-state index is 0.540. The lowest BCUT2D eigenvalue weighted by molar-refractivity contribution is 0.305. The summed E-state index contributed by atoms with van der Waals surface area (Å²) >= 11 is 1.63. The number of para-hydroxylation sites is 1. The number of ether oxygens (including phenoxy) is 1. The van der Waals surface area contributed by atoms with E-state index >= 15 is 0 Å². The highest BCUT2D eigenvalue weighted by Gasteiger charge is 2.16. The van der Waals surface area contributed by atoms with E-state index in [0.29, 0.717) is 11.7 Å². The summed E-state index contributed by atoms with van der Waals surface area (Å²) < 4.78 is 6.02. The molecule has 3 heterocycles. The normalized spacial score (nSPS) is 14.7. The Hall–Kier alpha value is -2.70. The number of fused-ring (bicyclic) bond motifs is 1. The van der Waals surface area contributed by atoms with E-state index in [-0.39, 0.29) is 0 Å². The zero-order valence-electron chi connectivity index (χ0n) is 15.8. The first-order valence-corrected chi connectivity index (χ1v) is 10.3. The van der Waals surface area contributed by atoms with E-state index in [1.165, 1.54) is 10.6 Å². The van der Waals surface area contributed by atoms with Crippen LogP contribution in [-0.4, -0.2) is 34.5 Å². The topological polar surface area (TPSA) is 64.3 Å². The number of anilines is 1. The summed E-state index contributed by atoms with van der Waals surface area (Å²) in [7, 11) is 0. The zero-order chi connectivity index (χ0) is 19.2. The highest BCUT2D eigenvalue weighted by molar-refractivity contribution is 7.15. The van der Waals surface area contributed by atoms with Crippen LogP contribution in [0, 0.1) is 0 Å². The standard InChI is InChI=1S/C22H24N4OS/c23-22-25-19-9-14-26(15-10-21(19)28-22)13-3-5-18-4-1-2-6-20(18)27-16-17-7-11-24-12-8-17/h1-8,11-12H,9-10,13-16H2,(H2,23,25)/b5-3+. The van der Waals surface area contributed by atoms with Crippen molar-refractivity contribution in [1.82, 2.24) is 14.9 Å². The lowest BCUT2D eigenvalue weighted by Gasteiger charge is -2.17. The summed E-state index contributed by atoms with van der Waals surface area (Å²) in [6.45, 7) is 3.51. The van der Waals surface area contributed by atoms with Crippen LogP contribution in [0.25, 0.3) is 6.08 Å². The van der Waals surface area contributed by atoms with Gasteiger partial charge in [-0.15, -0.1) is 11.3 Å². The van der Waals surface area contributed by atoms with Crippen LogP contribution in [0.4, 0.5) is 5.13 Å². The molecule has 0 unspecified atom stereocenters. The number of nitrogen functional groups attached to an aromatic ring is 1. The van der Waals surface area contributed by atoms with Gasteiger partial charge in [0.1, 0.15) is 12.4 Å². The molecule has 0 atom stereocenters. The van der Waals surface area contributed by atoms with Crippen LogP contribution in [0.2, 0.25) is 0 Å². The van der Waals surface area contributed by atoms with Crippen LogP contribution >= 0.6 is 11.3 Å². The second kappa shape index (κ2) is 8.99. The van der Waals surface area contributed by atoms with E-state index in [2.05, 4.69) is 33.1 Å². The molecule has 2 aromatic heterocycles. The van der Waals surface area contributed by atoms with Gasteiger partial charge in [0.05, 0.1) is 5.69 Å². The fraction of sp³-hybridized carbons (Fsp3) is 0.273. The molecule has 0 saturated heterocycles. The van der Waals surface area contributed by atoms with E-state index in [1.54, 1.807) is 23.7 Å². The van der Waals surface area contributed by atoms with Gasteiger partial charge in [-0.2, -0.15) is 0 Å². The third kappa shape index (κ3) is 4.77. The summed E-state index contributed by atoms with van der Waals surface area (Å²) in [5.41, 5.74) is 9.22. The Morgan fingerprint density at radius 2 is 1.93 bits per heavy atom. The average molecular weight is 393 g/mol. The lowest BCUT2D eigenvalue weighted by atomic mass is 10.2. The van der Waals surface area contributed by atoms with Gasteiger partial charge in [-0.3, -0.25) is 9.88 Å². The van der Waals surface area contributed by atoms with E-state index in [4.69, 9.17) is 10.5 Å². The number of nitrogens with zero attached hydrogens (tertiary/aromatic N) is 3. The number of rotatable bonds is 6. The summed E-state index contributed by atoms with van der Waals surface area (Å²) in [6, 6.07) is 12.1. The minimum atomic E-state index is 0.540. The van der Waals surface area contributed by atoms with E-state index in [0.717, 1.165) is 49.4 Å². The van der Waals surface area contributed by atoms with E-state index in [9.17, 15) is 0 Å². The molecule has 4 rings (SSSR count). The molecule has 0 spiro atoms. The molecular weight excluding hydrogens is 368 g/mol. The van der Waals surface area contributed by atoms with Gasteiger partial charge in [0.25, 0.3) is 0 Å². The molecule has 0 radical (unpaired) electrons. The van der Waals surface area contributed by atoms with Gasteiger partial charge in [0, 0.05) is 48.9 Å². The smallest absolute Gasteiger partial charge is 0.180 e. The monoisotopic (exact) mass is 392 g/mol. The van der Waals surface area contributed by atoms with E-state index in [1.807, 2.05) is 30.3 Å². The van der Waals surface area contributed by atoms with Crippen molar-refractivity contribution in [2.45, 2.75) is 19.4 Å². The maximum Gasteiger partial charge on any atom is 0.180 e. The molecule has 6 heteroatoms. The van der Waals surface area contributed by atoms with Crippen LogP contribution in [0.15, 0.2) is 54.9 Å². The second-order valence-electron chi connectivity index (χ2n) is 6.81. The Morgan fingerprint density at radius 1 is 1.11 bits per heavy atom. The fourth-order valence-electron chi connectivity index (χ4n) is 3.33. The van der Waals surface area contributed by atoms with Gasteiger partial charge < -0.3 is 10.5 Å². The Labute approximate surface area is 169 Å². The van der Waals surface area contributed by atoms with Gasteiger partial charge in [0.2, 0.25) is 0 Å². The first-order chi connectivity index (χ1) is 13.8. The third-order valence-corrected chi connectivity index (χ3v) is 5.83. The van der Waals surface area contributed by atoms with Crippen molar-refractivity contribution in [1.29, 1.82) is 0 Å². The Kier molecular flexibility index (Phi) is 5.99. The van der Waals surface area contributed by atoms with Gasteiger partial charge in [-0.1, -0.05) is 30.4 Å². The van der Waals surface area contributed by atoms with Gasteiger partial charge >= 0.3 is 0 Å². The Morgan fingerprint density at radius 3 is 2.82 bits per heavy atom. The van der Waals surface area contributed by atoms with Gasteiger partial charge in [-0.25, -0.2) is 4.98 Å². The van der Waals surface area contributed by atoms with Crippen LogP contribution in [-0.2, 0) is 19.4 Å². The molecule has 5 nitrogen and oxygen atoms in total. The molecule has 0 aliphatic carbocycles. The number of hydrogen-bond donors (Lipinski definition) is 1. The molecule has 1 aromatic carbocycles. The first-order valence-electron chi connectivity index (χ1n) is 9.51. The molecule has 0 saturated carbocycles. The highest BCUT2D eigenvalue weighted by atomic mass is 32.1. The lowest BCUT2D eigenvalue weighted by Crippen LogP contribution is -2.26. The SMILES string of the molecule is Nc1nc2c(s1)CCN(C/C=C/c1ccccc1OCc1ccncc1)CC2. The van der Waals surface area contributed by atoms with Crippen molar-refractivity contribution < 1.29 is 4.74 Å². The number of pyridine rings is 1. The highest BCUT2D eigenvalue weighted by Crippen LogP contribution is 2.24. The van der Waals surface area contributed by atoms with Crippen molar-refractivity contribution in [3.63, 3.8) is 0 Å². The molecule has 2 N–H and O–H groups in total. The Balaban J connectivity index is 1.34. The molecule has 3 aromatic rings. The maximum atomic E-state index is 6.02. The zero-order valence-corrected chi connectivity index (χ0v) is 16.6. The molecular formula is C22H24N4OS. The van der Waals surface area contributed by atoms with Crippen molar-refractivity contribution in [2.24, 2.45) is 0 Å². The average Bonchev–Trinajstić information content (AvgIpc) is 2.98. The largest absolute Gasteiger partial charge is 0.488 e. The van der Waals surface area contributed by atoms with Crippen molar-refractivity contribution in [3.05, 3.63) is 76.6 Å². The number of hydrogen-bond acceptors (Lipinski definition) is 6. The summed E-state index contributed by atoms with van der Waals surface area (Å²) in [5.74, 6) is 0.897. The van der Waals surface area contributed by atoms with E-state index < -0.39 is 0 Å². The maximum absolute atomic E-state index is 6.02. The predicted octanol–water partition coefficient (Wildman–Crippen LogP) is 3.81. The molecule has 1 aliphatic heterocycles. The summed E-state index contributed by atoms with van der Waals surface area (Å²) in [5, 5.41) is 0.696. The quantitative estimate of drug-likeness (QED) is 0.691. The van der Waals surface area contributed by atoms with Crippen LogP contribution in [0.1, 0.15) is 21.7 Å².